The Hall–Kier alpha value is -1.03. The van der Waals surface area contributed by atoms with Crippen LogP contribution in [0.25, 0.3) is 0 Å². The van der Waals surface area contributed by atoms with E-state index in [1.54, 1.807) is 13.1 Å². The van der Waals surface area contributed by atoms with Gasteiger partial charge in [0, 0.05) is 30.9 Å². The van der Waals surface area contributed by atoms with Gasteiger partial charge in [0.15, 0.2) is 0 Å². The molecule has 1 amide bonds. The largest absolute Gasteiger partial charge is 0.341 e. The topological polar surface area (TPSA) is 49.0 Å². The molecule has 1 aliphatic heterocycles. The Bertz CT molecular complexity index is 350. The minimum atomic E-state index is -0.430. The molecule has 0 aliphatic carbocycles. The minimum absolute atomic E-state index is 0.0332. The van der Waals surface area contributed by atoms with Crippen molar-refractivity contribution in [2.75, 3.05) is 13.1 Å². The zero-order valence-corrected chi connectivity index (χ0v) is 10.1. The zero-order chi connectivity index (χ0) is 11.5. The highest BCUT2D eigenvalue weighted by atomic mass is 35.5. The first kappa shape index (κ1) is 11.5. The molecule has 2 rings (SSSR count). The molecule has 2 unspecified atom stereocenters. The highest BCUT2D eigenvalue weighted by molar-refractivity contribution is 6.30. The third-order valence-electron chi connectivity index (χ3n) is 3.04. The number of hydrogen-bond donors (Lipinski definition) is 1. The van der Waals surface area contributed by atoms with E-state index in [0.29, 0.717) is 5.92 Å². The molecule has 0 bridgehead atoms. The number of rotatable bonds is 2. The maximum absolute atomic E-state index is 11.8. The first-order valence-corrected chi connectivity index (χ1v) is 6.04. The second kappa shape index (κ2) is 4.87. The molecule has 2 heterocycles. The van der Waals surface area contributed by atoms with Gasteiger partial charge in [-0.05, 0) is 25.8 Å². The van der Waals surface area contributed by atoms with Crippen molar-refractivity contribution in [1.29, 1.82) is 0 Å². The van der Waals surface area contributed by atoms with Gasteiger partial charge >= 0.3 is 0 Å². The number of likely N-dealkylation sites (tertiary alicyclic amines) is 1. The summed E-state index contributed by atoms with van der Waals surface area (Å²) in [6.45, 7) is 3.29. The number of hydrogen-bond acceptors (Lipinski definition) is 2. The number of halogens is 1. The van der Waals surface area contributed by atoms with Gasteiger partial charge in [-0.3, -0.25) is 9.89 Å². The lowest BCUT2D eigenvalue weighted by molar-refractivity contribution is -0.131. The van der Waals surface area contributed by atoms with Crippen molar-refractivity contribution in [2.45, 2.75) is 31.1 Å². The summed E-state index contributed by atoms with van der Waals surface area (Å²) in [4.78, 5) is 13.6. The van der Waals surface area contributed by atoms with Crippen molar-refractivity contribution in [2.24, 2.45) is 0 Å². The average Bonchev–Trinajstić information content (AvgIpc) is 2.81. The van der Waals surface area contributed by atoms with E-state index in [2.05, 4.69) is 10.2 Å². The first-order chi connectivity index (χ1) is 7.68. The molecule has 1 aromatic heterocycles. The van der Waals surface area contributed by atoms with E-state index < -0.39 is 5.38 Å². The second-order valence-electron chi connectivity index (χ2n) is 4.25. The number of carbonyl (C=O) groups excluding carboxylic acids is 1. The summed E-state index contributed by atoms with van der Waals surface area (Å²) in [5.74, 6) is 0.404. The molecule has 1 saturated heterocycles. The summed E-state index contributed by atoms with van der Waals surface area (Å²) in [5, 5.41) is 6.49. The Morgan fingerprint density at radius 2 is 2.56 bits per heavy atom. The van der Waals surface area contributed by atoms with E-state index in [9.17, 15) is 4.79 Å². The van der Waals surface area contributed by atoms with Crippen LogP contribution in [-0.2, 0) is 4.79 Å². The maximum Gasteiger partial charge on any atom is 0.240 e. The lowest BCUT2D eigenvalue weighted by Crippen LogP contribution is -2.42. The number of nitrogens with one attached hydrogen (secondary N) is 1. The number of aromatic amines is 1. The Balaban J connectivity index is 2.02. The summed E-state index contributed by atoms with van der Waals surface area (Å²) < 4.78 is 0. The SMILES string of the molecule is CC(Cl)C(=O)N1CCCC(c2ccn[nH]2)C1. The van der Waals surface area contributed by atoms with Crippen LogP contribution in [0.1, 0.15) is 31.4 Å². The van der Waals surface area contributed by atoms with E-state index in [-0.39, 0.29) is 5.91 Å². The molecule has 88 valence electrons. The quantitative estimate of drug-likeness (QED) is 0.802. The van der Waals surface area contributed by atoms with E-state index in [1.165, 1.54) is 0 Å². The van der Waals surface area contributed by atoms with E-state index in [1.807, 2.05) is 11.0 Å². The maximum atomic E-state index is 11.8. The number of carbonyl (C=O) groups is 1. The number of alkyl halides is 1. The normalized spacial score (nSPS) is 23.1. The zero-order valence-electron chi connectivity index (χ0n) is 9.32. The van der Waals surface area contributed by atoms with Gasteiger partial charge in [-0.1, -0.05) is 0 Å². The van der Waals surface area contributed by atoms with Gasteiger partial charge < -0.3 is 4.90 Å². The molecule has 0 spiro atoms. The number of aromatic nitrogens is 2. The van der Waals surface area contributed by atoms with Crippen LogP contribution in [0.2, 0.25) is 0 Å². The van der Waals surface area contributed by atoms with Crippen LogP contribution in [0.3, 0.4) is 0 Å². The van der Waals surface area contributed by atoms with Crippen LogP contribution in [0.15, 0.2) is 12.3 Å². The lowest BCUT2D eigenvalue weighted by atomic mass is 9.95. The molecule has 1 fully saturated rings. The van der Waals surface area contributed by atoms with Crippen molar-refractivity contribution >= 4 is 17.5 Å². The van der Waals surface area contributed by atoms with Crippen LogP contribution >= 0.6 is 11.6 Å². The highest BCUT2D eigenvalue weighted by Gasteiger charge is 2.27. The van der Waals surface area contributed by atoms with Crippen molar-refractivity contribution < 1.29 is 4.79 Å². The summed E-state index contributed by atoms with van der Waals surface area (Å²) in [5.41, 5.74) is 1.11. The van der Waals surface area contributed by atoms with Crippen molar-refractivity contribution in [1.82, 2.24) is 15.1 Å². The van der Waals surface area contributed by atoms with Gasteiger partial charge in [0.05, 0.1) is 0 Å². The average molecular weight is 242 g/mol. The Labute approximate surface area is 100.0 Å². The molecular weight excluding hydrogens is 226 g/mol. The molecule has 0 radical (unpaired) electrons. The molecule has 1 N–H and O–H groups in total. The molecule has 1 aliphatic rings. The molecule has 5 heteroatoms. The fourth-order valence-corrected chi connectivity index (χ4v) is 2.31. The van der Waals surface area contributed by atoms with Gasteiger partial charge in [-0.2, -0.15) is 5.10 Å². The predicted molar refractivity (Wildman–Crippen MR) is 62.5 cm³/mol. The van der Waals surface area contributed by atoms with Crippen LogP contribution in [0.5, 0.6) is 0 Å². The van der Waals surface area contributed by atoms with Crippen molar-refractivity contribution in [3.05, 3.63) is 18.0 Å². The Morgan fingerprint density at radius 3 is 3.19 bits per heavy atom. The van der Waals surface area contributed by atoms with Crippen LogP contribution in [0.4, 0.5) is 0 Å². The van der Waals surface area contributed by atoms with Crippen LogP contribution < -0.4 is 0 Å². The molecule has 4 nitrogen and oxygen atoms in total. The number of H-pyrrole nitrogens is 1. The van der Waals surface area contributed by atoms with Gasteiger partial charge in [0.1, 0.15) is 5.38 Å². The molecule has 0 aromatic carbocycles. The third-order valence-corrected chi connectivity index (χ3v) is 3.22. The van der Waals surface area contributed by atoms with Crippen molar-refractivity contribution in [3.8, 4) is 0 Å². The standard InChI is InChI=1S/C11H16ClN3O/c1-8(12)11(16)15-6-2-3-9(7-15)10-4-5-13-14-10/h4-5,8-9H,2-3,6-7H2,1H3,(H,13,14). The smallest absolute Gasteiger partial charge is 0.240 e. The molecule has 0 saturated carbocycles. The number of amides is 1. The molecule has 16 heavy (non-hydrogen) atoms. The minimum Gasteiger partial charge on any atom is -0.341 e. The summed E-state index contributed by atoms with van der Waals surface area (Å²) >= 11 is 5.82. The predicted octanol–water partition coefficient (Wildman–Crippen LogP) is 1.74. The van der Waals surface area contributed by atoms with Gasteiger partial charge in [-0.15, -0.1) is 11.6 Å². The molecule has 1 aromatic rings. The van der Waals surface area contributed by atoms with Crippen molar-refractivity contribution in [3.63, 3.8) is 0 Å². The van der Waals surface area contributed by atoms with E-state index >= 15 is 0 Å². The lowest BCUT2D eigenvalue weighted by Gasteiger charge is -2.32. The van der Waals surface area contributed by atoms with Gasteiger partial charge in [-0.25, -0.2) is 0 Å². The third kappa shape index (κ3) is 2.38. The van der Waals surface area contributed by atoms with E-state index in [0.717, 1.165) is 31.6 Å². The monoisotopic (exact) mass is 241 g/mol. The number of piperidine rings is 1. The Kier molecular flexibility index (Phi) is 3.49. The fourth-order valence-electron chi connectivity index (χ4n) is 2.18. The molecular formula is C11H16ClN3O. The fraction of sp³-hybridized carbons (Fsp3) is 0.636. The van der Waals surface area contributed by atoms with E-state index in [4.69, 9.17) is 11.6 Å². The first-order valence-electron chi connectivity index (χ1n) is 5.60. The highest BCUT2D eigenvalue weighted by Crippen LogP contribution is 2.25. The molecule has 2 atom stereocenters. The Morgan fingerprint density at radius 1 is 1.75 bits per heavy atom. The van der Waals surface area contributed by atoms with Crippen LogP contribution in [0, 0.1) is 0 Å². The van der Waals surface area contributed by atoms with Gasteiger partial charge in [0.2, 0.25) is 5.91 Å². The van der Waals surface area contributed by atoms with Crippen LogP contribution in [-0.4, -0.2) is 39.5 Å². The second-order valence-corrected chi connectivity index (χ2v) is 4.91. The number of nitrogens with zero attached hydrogens (tertiary/aromatic N) is 2. The van der Waals surface area contributed by atoms with Gasteiger partial charge in [0.25, 0.3) is 0 Å². The summed E-state index contributed by atoms with van der Waals surface area (Å²) in [7, 11) is 0. The summed E-state index contributed by atoms with van der Waals surface area (Å²) in [6.07, 6.45) is 3.88. The summed E-state index contributed by atoms with van der Waals surface area (Å²) in [6, 6.07) is 1.97.